The molecule has 0 bridgehead atoms. The second-order valence-corrected chi connectivity index (χ2v) is 7.82. The Morgan fingerprint density at radius 3 is 1.33 bits per heavy atom. The maximum atomic E-state index is 10.3. The summed E-state index contributed by atoms with van der Waals surface area (Å²) < 4.78 is 1.42. The molecule has 0 spiro atoms. The van der Waals surface area contributed by atoms with E-state index in [0.29, 0.717) is 5.56 Å². The second kappa shape index (κ2) is 15.7. The fourth-order valence-electron chi connectivity index (χ4n) is 3.34. The number of carboxylic acids is 1. The molecule has 1 aromatic rings. The first-order valence-electron chi connectivity index (χ1n) is 11.1. The monoisotopic (exact) mass is 378 g/mol. The number of carbonyl (C=O) groups is 1. The van der Waals surface area contributed by atoms with E-state index < -0.39 is 5.97 Å². The summed E-state index contributed by atoms with van der Waals surface area (Å²) in [5.74, 6) is -0.875. The lowest BCUT2D eigenvalue weighted by atomic mass is 10.1. The Balaban J connectivity index is 0.000000569. The predicted octanol–water partition coefficient (Wildman–Crippen LogP) is 6.70. The van der Waals surface area contributed by atoms with Gasteiger partial charge in [0.1, 0.15) is 0 Å². The number of aromatic carboxylic acids is 1. The summed E-state index contributed by atoms with van der Waals surface area (Å²) in [6.45, 7) is 16.9. The number of hydrogen-bond donors (Lipinski definition) is 1. The molecule has 0 aliphatic carbocycles. The Kier molecular flexibility index (Phi) is 14.9. The molecule has 0 atom stereocenters. The molecule has 1 rings (SSSR count). The number of hydrogen-bond acceptors (Lipinski definition) is 1. The van der Waals surface area contributed by atoms with E-state index in [2.05, 4.69) is 27.7 Å². The molecule has 3 heteroatoms. The summed E-state index contributed by atoms with van der Waals surface area (Å²) in [4.78, 5) is 10.3. The molecule has 0 heterocycles. The average molecular weight is 379 g/mol. The van der Waals surface area contributed by atoms with Crippen LogP contribution in [-0.4, -0.2) is 41.7 Å². The zero-order valence-corrected chi connectivity index (χ0v) is 18.6. The molecule has 0 saturated carbocycles. The minimum atomic E-state index is -0.875. The van der Waals surface area contributed by atoms with Crippen molar-refractivity contribution in [3.05, 3.63) is 35.4 Å². The van der Waals surface area contributed by atoms with Crippen LogP contribution in [0.25, 0.3) is 0 Å². The lowest BCUT2D eigenvalue weighted by Gasteiger charge is -2.39. The van der Waals surface area contributed by atoms with Gasteiger partial charge in [-0.2, -0.15) is 0 Å². The third kappa shape index (κ3) is 11.9. The highest BCUT2D eigenvalue weighted by Crippen LogP contribution is 2.16. The zero-order valence-electron chi connectivity index (χ0n) is 18.6. The molecule has 3 nitrogen and oxygen atoms in total. The number of unbranched alkanes of at least 4 members (excludes halogenated alkanes) is 4. The van der Waals surface area contributed by atoms with Gasteiger partial charge in [0.25, 0.3) is 0 Å². The SMILES string of the molecule is CCCC[N+](CCCC)(CCCC)CCCC.Cc1ccc(C(=O)O)cc1. The number of carboxylic acid groups (broad SMARTS) is 1. The van der Waals surface area contributed by atoms with Gasteiger partial charge in [0.05, 0.1) is 31.7 Å². The highest BCUT2D eigenvalue weighted by atomic mass is 16.4. The molecule has 156 valence electrons. The smallest absolute Gasteiger partial charge is 0.335 e. The van der Waals surface area contributed by atoms with Gasteiger partial charge < -0.3 is 9.59 Å². The van der Waals surface area contributed by atoms with Crippen molar-refractivity contribution in [2.45, 2.75) is 86.0 Å². The Morgan fingerprint density at radius 2 is 1.07 bits per heavy atom. The van der Waals surface area contributed by atoms with E-state index in [9.17, 15) is 4.79 Å². The molecule has 0 unspecified atom stereocenters. The summed E-state index contributed by atoms with van der Waals surface area (Å²) in [5, 5.41) is 8.48. The minimum Gasteiger partial charge on any atom is -0.478 e. The van der Waals surface area contributed by atoms with Crippen LogP contribution in [0.5, 0.6) is 0 Å². The third-order valence-electron chi connectivity index (χ3n) is 5.24. The third-order valence-corrected chi connectivity index (χ3v) is 5.24. The van der Waals surface area contributed by atoms with Crippen molar-refractivity contribution in [2.75, 3.05) is 26.2 Å². The summed E-state index contributed by atoms with van der Waals surface area (Å²) >= 11 is 0. The van der Waals surface area contributed by atoms with Crippen molar-refractivity contribution in [1.82, 2.24) is 0 Å². The molecule has 0 saturated heterocycles. The standard InChI is InChI=1S/C16H36N.C8H8O2/c1-5-9-13-17(14-10-6-2,15-11-7-3)16-12-8-4;1-6-2-4-7(5-3-6)8(9)10/h5-16H2,1-4H3;2-5H,1H3,(H,9,10)/q+1;. The molecule has 0 aliphatic rings. The van der Waals surface area contributed by atoms with Crippen molar-refractivity contribution in [1.29, 1.82) is 0 Å². The predicted molar refractivity (Wildman–Crippen MR) is 117 cm³/mol. The molecule has 1 N–H and O–H groups in total. The molecule has 0 fully saturated rings. The minimum absolute atomic E-state index is 0.339. The van der Waals surface area contributed by atoms with E-state index in [1.54, 1.807) is 24.3 Å². The van der Waals surface area contributed by atoms with E-state index in [1.165, 1.54) is 82.0 Å². The zero-order chi connectivity index (χ0) is 20.5. The fourth-order valence-corrected chi connectivity index (χ4v) is 3.34. The molecule has 0 aliphatic heterocycles. The van der Waals surface area contributed by atoms with Crippen molar-refractivity contribution in [3.63, 3.8) is 0 Å². The van der Waals surface area contributed by atoms with Crippen molar-refractivity contribution in [3.8, 4) is 0 Å². The van der Waals surface area contributed by atoms with Crippen LogP contribution in [0.1, 0.15) is 95.0 Å². The summed E-state index contributed by atoms with van der Waals surface area (Å²) in [5.41, 5.74) is 1.41. The summed E-state index contributed by atoms with van der Waals surface area (Å²) in [6.07, 6.45) is 11.1. The number of rotatable bonds is 13. The topological polar surface area (TPSA) is 37.3 Å². The maximum Gasteiger partial charge on any atom is 0.335 e. The van der Waals surface area contributed by atoms with Crippen LogP contribution in [0.3, 0.4) is 0 Å². The maximum absolute atomic E-state index is 10.3. The Labute approximate surface area is 168 Å². The molecule has 27 heavy (non-hydrogen) atoms. The first-order chi connectivity index (χ1) is 12.9. The second-order valence-electron chi connectivity index (χ2n) is 7.82. The van der Waals surface area contributed by atoms with Crippen molar-refractivity contribution < 1.29 is 14.4 Å². The van der Waals surface area contributed by atoms with Gasteiger partial charge in [-0.3, -0.25) is 0 Å². The van der Waals surface area contributed by atoms with Gasteiger partial charge >= 0.3 is 5.97 Å². The van der Waals surface area contributed by atoms with E-state index >= 15 is 0 Å². The van der Waals surface area contributed by atoms with Gasteiger partial charge in [0.2, 0.25) is 0 Å². The van der Waals surface area contributed by atoms with Crippen LogP contribution >= 0.6 is 0 Å². The summed E-state index contributed by atoms with van der Waals surface area (Å²) in [7, 11) is 0. The molecular formula is C24H44NO2+. The number of quaternary nitrogens is 1. The first kappa shape index (κ1) is 25.6. The first-order valence-corrected chi connectivity index (χ1v) is 11.1. The van der Waals surface area contributed by atoms with Gasteiger partial charge in [0, 0.05) is 0 Å². The van der Waals surface area contributed by atoms with Crippen molar-refractivity contribution >= 4 is 5.97 Å². The molecule has 0 aromatic heterocycles. The highest BCUT2D eigenvalue weighted by Gasteiger charge is 2.24. The van der Waals surface area contributed by atoms with E-state index in [0.717, 1.165) is 5.56 Å². The van der Waals surface area contributed by atoms with Crippen LogP contribution in [0.15, 0.2) is 24.3 Å². The van der Waals surface area contributed by atoms with Crippen LogP contribution in [-0.2, 0) is 0 Å². The Hall–Kier alpha value is -1.35. The number of benzene rings is 1. The van der Waals surface area contributed by atoms with Gasteiger partial charge in [0.15, 0.2) is 0 Å². The van der Waals surface area contributed by atoms with Crippen LogP contribution in [0.2, 0.25) is 0 Å². The normalized spacial score (nSPS) is 11.0. The fraction of sp³-hybridized carbons (Fsp3) is 0.708. The average Bonchev–Trinajstić information content (AvgIpc) is 2.68. The molecular weight excluding hydrogens is 334 g/mol. The molecule has 0 radical (unpaired) electrons. The van der Waals surface area contributed by atoms with Gasteiger partial charge in [-0.05, 0) is 44.7 Å². The van der Waals surface area contributed by atoms with Gasteiger partial charge in [-0.25, -0.2) is 4.79 Å². The largest absolute Gasteiger partial charge is 0.478 e. The Morgan fingerprint density at radius 1 is 0.741 bits per heavy atom. The van der Waals surface area contributed by atoms with Gasteiger partial charge in [-0.1, -0.05) is 71.1 Å². The Bertz CT molecular complexity index is 444. The van der Waals surface area contributed by atoms with Crippen LogP contribution in [0, 0.1) is 6.92 Å². The van der Waals surface area contributed by atoms with Crippen LogP contribution in [0.4, 0.5) is 0 Å². The van der Waals surface area contributed by atoms with E-state index in [1.807, 2.05) is 6.92 Å². The highest BCUT2D eigenvalue weighted by molar-refractivity contribution is 5.87. The van der Waals surface area contributed by atoms with E-state index in [-0.39, 0.29) is 0 Å². The van der Waals surface area contributed by atoms with E-state index in [4.69, 9.17) is 5.11 Å². The quantitative estimate of drug-likeness (QED) is 0.388. The lowest BCUT2D eigenvalue weighted by Crippen LogP contribution is -2.50. The van der Waals surface area contributed by atoms with Gasteiger partial charge in [-0.15, -0.1) is 0 Å². The van der Waals surface area contributed by atoms with Crippen molar-refractivity contribution in [2.24, 2.45) is 0 Å². The molecule has 1 aromatic carbocycles. The summed E-state index contributed by atoms with van der Waals surface area (Å²) in [6, 6.07) is 6.75. The van der Waals surface area contributed by atoms with Crippen LogP contribution < -0.4 is 0 Å². The number of aryl methyl sites for hydroxylation is 1. The molecule has 0 amide bonds. The number of nitrogens with zero attached hydrogens (tertiary/aromatic N) is 1. The lowest BCUT2D eigenvalue weighted by molar-refractivity contribution is -0.929.